The van der Waals surface area contributed by atoms with Gasteiger partial charge in [0.15, 0.2) is 0 Å². The smallest absolute Gasteiger partial charge is 0.472 e. The van der Waals surface area contributed by atoms with Crippen LogP contribution in [-0.2, 0) is 18.4 Å². The second-order valence-corrected chi connectivity index (χ2v) is 10.3. The Hall–Kier alpha value is -0.460. The van der Waals surface area contributed by atoms with Crippen molar-refractivity contribution in [3.05, 3.63) is 0 Å². The fraction of sp³-hybridized carbons (Fsp3) is 0.957. The number of carboxylic acids is 1. The van der Waals surface area contributed by atoms with E-state index < -0.39 is 19.3 Å². The Kier molecular flexibility index (Phi) is 18.8. The van der Waals surface area contributed by atoms with E-state index in [4.69, 9.17) is 19.9 Å². The average molecular weight is 466 g/mol. The average Bonchev–Trinajstić information content (AvgIpc) is 2.71. The molecular formula is C23H48NO6P. The van der Waals surface area contributed by atoms with E-state index in [0.29, 0.717) is 0 Å². The summed E-state index contributed by atoms with van der Waals surface area (Å²) in [6.45, 7) is 3.99. The molecule has 0 fully saturated rings. The second kappa shape index (κ2) is 19.0. The Morgan fingerprint density at radius 3 is 1.65 bits per heavy atom. The summed E-state index contributed by atoms with van der Waals surface area (Å²) in [4.78, 5) is 20.4. The van der Waals surface area contributed by atoms with E-state index in [2.05, 4.69) is 13.8 Å². The molecule has 2 unspecified atom stereocenters. The van der Waals surface area contributed by atoms with E-state index in [0.717, 1.165) is 38.5 Å². The summed E-state index contributed by atoms with van der Waals surface area (Å²) in [6.07, 6.45) is 17.7. The van der Waals surface area contributed by atoms with Crippen LogP contribution in [0.1, 0.15) is 123 Å². The molecule has 0 aliphatic heterocycles. The number of hydrogen-bond acceptors (Lipinski definition) is 5. The van der Waals surface area contributed by atoms with Gasteiger partial charge in [0, 0.05) is 5.54 Å². The molecular weight excluding hydrogens is 417 g/mol. The summed E-state index contributed by atoms with van der Waals surface area (Å²) in [5, 5.41) is 8.63. The largest absolute Gasteiger partial charge is 0.481 e. The SMILES string of the molecule is CCCCCCCCCCC(N)(CCCCCCCC)COP(=O)(O)OCCC(=O)O. The monoisotopic (exact) mass is 465 g/mol. The molecule has 0 aliphatic carbocycles. The lowest BCUT2D eigenvalue weighted by Gasteiger charge is -2.30. The second-order valence-electron chi connectivity index (χ2n) is 8.82. The molecule has 8 heteroatoms. The number of phosphoric acid groups is 1. The predicted octanol–water partition coefficient (Wildman–Crippen LogP) is 6.57. The van der Waals surface area contributed by atoms with Gasteiger partial charge in [-0.1, -0.05) is 104 Å². The molecule has 0 aliphatic rings. The first-order chi connectivity index (χ1) is 14.7. The lowest BCUT2D eigenvalue weighted by molar-refractivity contribution is -0.137. The summed E-state index contributed by atoms with van der Waals surface area (Å²) < 4.78 is 22.0. The van der Waals surface area contributed by atoms with Gasteiger partial charge in [0.25, 0.3) is 0 Å². The Morgan fingerprint density at radius 1 is 0.806 bits per heavy atom. The molecule has 0 amide bonds. The maximum atomic E-state index is 12.1. The Morgan fingerprint density at radius 2 is 1.23 bits per heavy atom. The Bertz CT molecular complexity index is 491. The topological polar surface area (TPSA) is 119 Å². The van der Waals surface area contributed by atoms with Crippen molar-refractivity contribution in [1.29, 1.82) is 0 Å². The van der Waals surface area contributed by atoms with E-state index >= 15 is 0 Å². The number of nitrogens with two attached hydrogens (primary N) is 1. The first kappa shape index (κ1) is 30.5. The van der Waals surface area contributed by atoms with Crippen molar-refractivity contribution < 1.29 is 28.4 Å². The molecule has 0 aromatic rings. The van der Waals surface area contributed by atoms with Crippen LogP contribution in [0.5, 0.6) is 0 Å². The van der Waals surface area contributed by atoms with Gasteiger partial charge in [-0.25, -0.2) is 4.57 Å². The van der Waals surface area contributed by atoms with Gasteiger partial charge < -0.3 is 15.7 Å². The number of hydrogen-bond donors (Lipinski definition) is 3. The third-order valence-electron chi connectivity index (χ3n) is 5.64. The molecule has 4 N–H and O–H groups in total. The number of carboxylic acid groups (broad SMARTS) is 1. The van der Waals surface area contributed by atoms with Crippen molar-refractivity contribution in [2.45, 2.75) is 129 Å². The zero-order chi connectivity index (χ0) is 23.4. The normalized spacial score (nSPS) is 15.5. The van der Waals surface area contributed by atoms with Crippen LogP contribution >= 0.6 is 7.82 Å². The van der Waals surface area contributed by atoms with Crippen molar-refractivity contribution >= 4 is 13.8 Å². The van der Waals surface area contributed by atoms with Gasteiger partial charge >= 0.3 is 13.8 Å². The highest BCUT2D eigenvalue weighted by molar-refractivity contribution is 7.47. The molecule has 0 saturated heterocycles. The summed E-state index contributed by atoms with van der Waals surface area (Å²) in [6, 6.07) is 0. The lowest BCUT2D eigenvalue weighted by Crippen LogP contribution is -2.44. The third kappa shape index (κ3) is 19.9. The molecule has 186 valence electrons. The maximum Gasteiger partial charge on any atom is 0.472 e. The summed E-state index contributed by atoms with van der Waals surface area (Å²) in [5.74, 6) is -1.09. The van der Waals surface area contributed by atoms with Gasteiger partial charge in [0.05, 0.1) is 19.6 Å². The third-order valence-corrected chi connectivity index (χ3v) is 6.61. The fourth-order valence-electron chi connectivity index (χ4n) is 3.63. The maximum absolute atomic E-state index is 12.1. The minimum Gasteiger partial charge on any atom is -0.481 e. The van der Waals surface area contributed by atoms with Gasteiger partial charge in [0.2, 0.25) is 0 Å². The summed E-state index contributed by atoms with van der Waals surface area (Å²) in [5.41, 5.74) is 5.93. The van der Waals surface area contributed by atoms with E-state index in [-0.39, 0.29) is 19.6 Å². The zero-order valence-electron chi connectivity index (χ0n) is 20.0. The molecule has 2 atom stereocenters. The first-order valence-corrected chi connectivity index (χ1v) is 13.9. The molecule has 7 nitrogen and oxygen atoms in total. The molecule has 0 saturated carbocycles. The minimum absolute atomic E-state index is 0.0562. The van der Waals surface area contributed by atoms with Crippen molar-refractivity contribution in [2.24, 2.45) is 5.73 Å². The van der Waals surface area contributed by atoms with Crippen LogP contribution in [0.15, 0.2) is 0 Å². The van der Waals surface area contributed by atoms with Crippen molar-refractivity contribution in [3.63, 3.8) is 0 Å². The highest BCUT2D eigenvalue weighted by Crippen LogP contribution is 2.44. The summed E-state index contributed by atoms with van der Waals surface area (Å²) >= 11 is 0. The Labute approximate surface area is 190 Å². The molecule has 0 spiro atoms. The Balaban J connectivity index is 4.43. The van der Waals surface area contributed by atoms with Crippen molar-refractivity contribution in [3.8, 4) is 0 Å². The number of phosphoric ester groups is 1. The van der Waals surface area contributed by atoms with Gasteiger partial charge in [-0.15, -0.1) is 0 Å². The van der Waals surface area contributed by atoms with E-state index in [1.165, 1.54) is 64.2 Å². The molecule has 0 bridgehead atoms. The number of unbranched alkanes of at least 4 members (excludes halogenated alkanes) is 12. The van der Waals surface area contributed by atoms with Crippen molar-refractivity contribution in [1.82, 2.24) is 0 Å². The van der Waals surface area contributed by atoms with Crippen molar-refractivity contribution in [2.75, 3.05) is 13.2 Å². The fourth-order valence-corrected chi connectivity index (χ4v) is 4.45. The van der Waals surface area contributed by atoms with Gasteiger partial charge in [-0.05, 0) is 12.8 Å². The van der Waals surface area contributed by atoms with Gasteiger partial charge in [0.1, 0.15) is 0 Å². The number of carbonyl (C=O) groups is 1. The first-order valence-electron chi connectivity index (χ1n) is 12.4. The predicted molar refractivity (Wildman–Crippen MR) is 126 cm³/mol. The van der Waals surface area contributed by atoms with Gasteiger partial charge in [-0.3, -0.25) is 13.8 Å². The number of aliphatic carboxylic acids is 1. The standard InChI is InChI=1S/C23H48NO6P/c1-3-5-7-9-11-12-14-16-19-23(24,18-15-13-10-8-6-4-2)21-30-31(27,28)29-20-17-22(25)26/h3-21,24H2,1-2H3,(H,25,26)(H,27,28). The number of rotatable bonds is 23. The van der Waals surface area contributed by atoms with Crippen LogP contribution in [0.2, 0.25) is 0 Å². The highest BCUT2D eigenvalue weighted by atomic mass is 31.2. The van der Waals surface area contributed by atoms with E-state index in [1.54, 1.807) is 0 Å². The quantitative estimate of drug-likeness (QED) is 0.115. The molecule has 31 heavy (non-hydrogen) atoms. The van der Waals surface area contributed by atoms with Gasteiger partial charge in [-0.2, -0.15) is 0 Å². The van der Waals surface area contributed by atoms with Crippen LogP contribution in [0.3, 0.4) is 0 Å². The molecule has 0 aromatic carbocycles. The van der Waals surface area contributed by atoms with E-state index in [1.807, 2.05) is 0 Å². The molecule has 0 heterocycles. The molecule has 0 rings (SSSR count). The molecule has 0 aromatic heterocycles. The highest BCUT2D eigenvalue weighted by Gasteiger charge is 2.30. The summed E-state index contributed by atoms with van der Waals surface area (Å²) in [7, 11) is -4.30. The minimum atomic E-state index is -4.30. The lowest BCUT2D eigenvalue weighted by atomic mass is 9.88. The van der Waals surface area contributed by atoms with Crippen LogP contribution in [-0.4, -0.2) is 34.7 Å². The molecule has 0 radical (unpaired) electrons. The van der Waals surface area contributed by atoms with Crippen LogP contribution in [0, 0.1) is 0 Å². The van der Waals surface area contributed by atoms with Crippen LogP contribution in [0.25, 0.3) is 0 Å². The van der Waals surface area contributed by atoms with E-state index in [9.17, 15) is 14.3 Å². The van der Waals surface area contributed by atoms with Crippen LogP contribution < -0.4 is 5.73 Å². The van der Waals surface area contributed by atoms with Crippen LogP contribution in [0.4, 0.5) is 0 Å². The zero-order valence-corrected chi connectivity index (χ0v) is 20.9.